The number of aryl methyl sites for hydroxylation is 1. The lowest BCUT2D eigenvalue weighted by atomic mass is 10.1. The number of nitrogens with zero attached hydrogens (tertiary/aromatic N) is 6. The second kappa shape index (κ2) is 9.43. The van der Waals surface area contributed by atoms with Gasteiger partial charge in [-0.15, -0.1) is 11.6 Å². The fraction of sp³-hybridized carbons (Fsp3) is 0.308. The van der Waals surface area contributed by atoms with Crippen LogP contribution in [0.5, 0.6) is 0 Å². The van der Waals surface area contributed by atoms with Gasteiger partial charge in [-0.2, -0.15) is 5.10 Å². The Morgan fingerprint density at radius 2 is 1.62 bits per heavy atom. The molecule has 0 spiro atoms. The van der Waals surface area contributed by atoms with Crippen LogP contribution in [0.15, 0.2) is 60.7 Å². The highest BCUT2D eigenvalue weighted by molar-refractivity contribution is 6.30. The van der Waals surface area contributed by atoms with Crippen LogP contribution in [0.25, 0.3) is 16.7 Å². The Labute approximate surface area is 204 Å². The molecule has 34 heavy (non-hydrogen) atoms. The van der Waals surface area contributed by atoms with E-state index in [2.05, 4.69) is 17.0 Å². The van der Waals surface area contributed by atoms with Gasteiger partial charge in [0.1, 0.15) is 17.0 Å². The molecule has 174 valence electrons. The molecule has 1 amide bonds. The van der Waals surface area contributed by atoms with Gasteiger partial charge in [-0.3, -0.25) is 4.79 Å². The number of halogens is 1. The standard InChI is InChI=1S/C26H27ClN6O/c1-18(27)26(34)32-15-13-31(14-16-32)24-23-19(2)30-33(21-11-7-4-8-12-21)25(23)29-22(28-24)17-20-9-5-3-6-10-20/h3-12,18H,13-17H2,1-2H3/t18-/m1/s1. The van der Waals surface area contributed by atoms with Crippen molar-refractivity contribution in [1.82, 2.24) is 24.6 Å². The van der Waals surface area contributed by atoms with Crippen molar-refractivity contribution in [2.45, 2.75) is 25.6 Å². The van der Waals surface area contributed by atoms with Crippen LogP contribution in [0.3, 0.4) is 0 Å². The predicted molar refractivity (Wildman–Crippen MR) is 135 cm³/mol. The van der Waals surface area contributed by atoms with Gasteiger partial charge in [-0.25, -0.2) is 14.6 Å². The van der Waals surface area contributed by atoms with Crippen LogP contribution in [0.1, 0.15) is 24.0 Å². The summed E-state index contributed by atoms with van der Waals surface area (Å²) in [5.41, 5.74) is 3.80. The Hall–Kier alpha value is -3.45. The number of carbonyl (C=O) groups excluding carboxylic acids is 1. The van der Waals surface area contributed by atoms with E-state index in [-0.39, 0.29) is 5.91 Å². The Bertz CT molecular complexity index is 1300. The summed E-state index contributed by atoms with van der Waals surface area (Å²) in [7, 11) is 0. The number of rotatable bonds is 5. The van der Waals surface area contributed by atoms with Gasteiger partial charge in [0.2, 0.25) is 5.91 Å². The van der Waals surface area contributed by atoms with Gasteiger partial charge in [-0.05, 0) is 31.5 Å². The molecule has 0 radical (unpaired) electrons. The second-order valence-electron chi connectivity index (χ2n) is 8.59. The maximum Gasteiger partial charge on any atom is 0.240 e. The van der Waals surface area contributed by atoms with E-state index >= 15 is 0 Å². The summed E-state index contributed by atoms with van der Waals surface area (Å²) in [6.07, 6.45) is 0.630. The van der Waals surface area contributed by atoms with Crippen molar-refractivity contribution in [2.75, 3.05) is 31.1 Å². The van der Waals surface area contributed by atoms with Gasteiger partial charge >= 0.3 is 0 Å². The molecule has 8 heteroatoms. The Morgan fingerprint density at radius 1 is 0.971 bits per heavy atom. The molecule has 0 unspecified atom stereocenters. The topological polar surface area (TPSA) is 67.2 Å². The number of fused-ring (bicyclic) bond motifs is 1. The molecule has 7 nitrogen and oxygen atoms in total. The fourth-order valence-corrected chi connectivity index (χ4v) is 4.57. The number of alkyl halides is 1. The largest absolute Gasteiger partial charge is 0.352 e. The number of piperazine rings is 1. The van der Waals surface area contributed by atoms with Crippen molar-refractivity contribution in [3.8, 4) is 5.69 Å². The lowest BCUT2D eigenvalue weighted by molar-refractivity contribution is -0.130. The van der Waals surface area contributed by atoms with E-state index in [0.717, 1.165) is 39.6 Å². The number of carbonyl (C=O) groups is 1. The van der Waals surface area contributed by atoms with E-state index in [0.29, 0.717) is 32.6 Å². The Kier molecular flexibility index (Phi) is 6.20. The molecule has 5 rings (SSSR count). The first-order chi connectivity index (χ1) is 16.5. The van der Waals surface area contributed by atoms with Crippen molar-refractivity contribution in [1.29, 1.82) is 0 Å². The normalized spacial score (nSPS) is 15.0. The molecule has 4 aromatic rings. The molecule has 0 saturated carbocycles. The lowest BCUT2D eigenvalue weighted by Crippen LogP contribution is -2.50. The van der Waals surface area contributed by atoms with Crippen molar-refractivity contribution in [3.63, 3.8) is 0 Å². The number of hydrogen-bond acceptors (Lipinski definition) is 5. The molecule has 0 aliphatic carbocycles. The molecule has 2 aromatic heterocycles. The van der Waals surface area contributed by atoms with Gasteiger partial charge in [0.15, 0.2) is 5.65 Å². The zero-order chi connectivity index (χ0) is 23.7. The fourth-order valence-electron chi connectivity index (χ4n) is 4.43. The monoisotopic (exact) mass is 474 g/mol. The van der Waals surface area contributed by atoms with Crippen LogP contribution in [-0.2, 0) is 11.2 Å². The third-order valence-corrected chi connectivity index (χ3v) is 6.35. The molecular weight excluding hydrogens is 448 g/mol. The third-order valence-electron chi connectivity index (χ3n) is 6.17. The highest BCUT2D eigenvalue weighted by atomic mass is 35.5. The van der Waals surface area contributed by atoms with E-state index in [9.17, 15) is 4.79 Å². The first kappa shape index (κ1) is 22.3. The van der Waals surface area contributed by atoms with Crippen LogP contribution < -0.4 is 4.90 Å². The summed E-state index contributed by atoms with van der Waals surface area (Å²) in [5, 5.41) is 5.27. The highest BCUT2D eigenvalue weighted by Gasteiger charge is 2.27. The average molecular weight is 475 g/mol. The summed E-state index contributed by atoms with van der Waals surface area (Å²) in [4.78, 5) is 26.4. The molecule has 3 heterocycles. The minimum absolute atomic E-state index is 0.0213. The van der Waals surface area contributed by atoms with Crippen molar-refractivity contribution in [3.05, 3.63) is 77.7 Å². The van der Waals surface area contributed by atoms with Gasteiger partial charge in [0.25, 0.3) is 0 Å². The van der Waals surface area contributed by atoms with Gasteiger partial charge in [-0.1, -0.05) is 48.5 Å². The summed E-state index contributed by atoms with van der Waals surface area (Å²) in [5.74, 6) is 1.60. The van der Waals surface area contributed by atoms with Crippen LogP contribution in [0.4, 0.5) is 5.82 Å². The van der Waals surface area contributed by atoms with Crippen LogP contribution >= 0.6 is 11.6 Å². The quantitative estimate of drug-likeness (QED) is 0.409. The summed E-state index contributed by atoms with van der Waals surface area (Å²) >= 11 is 6.04. The molecule has 1 saturated heterocycles. The van der Waals surface area contributed by atoms with E-state index in [1.165, 1.54) is 0 Å². The molecule has 0 bridgehead atoms. The van der Waals surface area contributed by atoms with Crippen LogP contribution in [0.2, 0.25) is 0 Å². The summed E-state index contributed by atoms with van der Waals surface area (Å²) in [6.45, 7) is 6.31. The molecular formula is C26H27ClN6O. The molecule has 1 atom stereocenters. The van der Waals surface area contributed by atoms with Crippen molar-refractivity contribution >= 4 is 34.4 Å². The smallest absolute Gasteiger partial charge is 0.240 e. The highest BCUT2D eigenvalue weighted by Crippen LogP contribution is 2.30. The third kappa shape index (κ3) is 4.35. The summed E-state index contributed by atoms with van der Waals surface area (Å²) in [6, 6.07) is 20.3. The maximum absolute atomic E-state index is 12.4. The van der Waals surface area contributed by atoms with E-state index in [1.807, 2.05) is 65.0 Å². The predicted octanol–water partition coefficient (Wildman–Crippen LogP) is 3.99. The average Bonchev–Trinajstić information content (AvgIpc) is 3.20. The van der Waals surface area contributed by atoms with Crippen molar-refractivity contribution in [2.24, 2.45) is 0 Å². The number of hydrogen-bond donors (Lipinski definition) is 0. The summed E-state index contributed by atoms with van der Waals surface area (Å²) < 4.78 is 1.90. The Balaban J connectivity index is 1.57. The molecule has 1 aliphatic rings. The van der Waals surface area contributed by atoms with Crippen LogP contribution in [0, 0.1) is 6.92 Å². The Morgan fingerprint density at radius 3 is 2.26 bits per heavy atom. The van der Waals surface area contributed by atoms with Crippen LogP contribution in [-0.4, -0.2) is 62.1 Å². The lowest BCUT2D eigenvalue weighted by Gasteiger charge is -2.36. The first-order valence-corrected chi connectivity index (χ1v) is 12.0. The van der Waals surface area contributed by atoms with E-state index < -0.39 is 5.38 Å². The number of aromatic nitrogens is 4. The van der Waals surface area contributed by atoms with E-state index in [4.69, 9.17) is 26.7 Å². The van der Waals surface area contributed by atoms with Gasteiger partial charge in [0.05, 0.1) is 16.8 Å². The molecule has 2 aromatic carbocycles. The first-order valence-electron chi connectivity index (χ1n) is 11.5. The zero-order valence-electron chi connectivity index (χ0n) is 19.4. The number of para-hydroxylation sites is 1. The minimum atomic E-state index is -0.513. The maximum atomic E-state index is 12.4. The van der Waals surface area contributed by atoms with Gasteiger partial charge < -0.3 is 9.80 Å². The van der Waals surface area contributed by atoms with Crippen molar-refractivity contribution < 1.29 is 4.79 Å². The number of benzene rings is 2. The molecule has 1 aliphatic heterocycles. The second-order valence-corrected chi connectivity index (χ2v) is 9.24. The zero-order valence-corrected chi connectivity index (χ0v) is 20.1. The van der Waals surface area contributed by atoms with E-state index in [1.54, 1.807) is 6.92 Å². The minimum Gasteiger partial charge on any atom is -0.352 e. The molecule has 1 fully saturated rings. The SMILES string of the molecule is Cc1nn(-c2ccccc2)c2nc(Cc3ccccc3)nc(N3CCN(C(=O)[C@@H](C)Cl)CC3)c12. The number of amides is 1. The van der Waals surface area contributed by atoms with Gasteiger partial charge in [0, 0.05) is 32.6 Å². The molecule has 0 N–H and O–H groups in total. The number of anilines is 1.